The van der Waals surface area contributed by atoms with Gasteiger partial charge in [0.1, 0.15) is 0 Å². The van der Waals surface area contributed by atoms with Gasteiger partial charge in [-0.25, -0.2) is 0 Å². The quantitative estimate of drug-likeness (QED) is 0.684. The molecule has 0 radical (unpaired) electrons. The van der Waals surface area contributed by atoms with Crippen molar-refractivity contribution in [1.29, 1.82) is 0 Å². The van der Waals surface area contributed by atoms with E-state index in [4.69, 9.17) is 0 Å². The fourth-order valence-corrected chi connectivity index (χ4v) is 8.06. The van der Waals surface area contributed by atoms with Gasteiger partial charge < -0.3 is 5.11 Å². The Morgan fingerprint density at radius 2 is 2.00 bits per heavy atom. The number of carbonyl (C=O) groups is 1. The number of aliphatic hydroxyl groups is 1. The summed E-state index contributed by atoms with van der Waals surface area (Å²) in [5.74, 6) is 2.94. The van der Waals surface area contributed by atoms with E-state index in [1.165, 1.54) is 19.3 Å². The Hall–Kier alpha value is -1.42. The molecule has 4 aliphatic carbocycles. The van der Waals surface area contributed by atoms with E-state index in [0.29, 0.717) is 29.0 Å². The number of fused-ring (bicyclic) bond motifs is 5. The van der Waals surface area contributed by atoms with Crippen molar-refractivity contribution in [3.63, 3.8) is 0 Å². The SMILES string of the molecule is CCn1cc(C=C2CC3C4CCC5CC(O)CCC5(C)C4CCC3(C)C2=O)c(C)n1. The first kappa shape index (κ1) is 20.5. The van der Waals surface area contributed by atoms with Gasteiger partial charge in [0.25, 0.3) is 0 Å². The molecule has 5 rings (SSSR count). The summed E-state index contributed by atoms with van der Waals surface area (Å²) in [7, 11) is 0. The molecule has 4 heteroatoms. The number of hydrogen-bond acceptors (Lipinski definition) is 3. The molecule has 4 aliphatic rings. The van der Waals surface area contributed by atoms with Crippen LogP contribution in [0, 0.1) is 41.4 Å². The normalized spacial score (nSPS) is 44.6. The maximum absolute atomic E-state index is 13.6. The van der Waals surface area contributed by atoms with Crippen LogP contribution < -0.4 is 0 Å². The van der Waals surface area contributed by atoms with Gasteiger partial charge in [-0.3, -0.25) is 9.48 Å². The molecule has 0 saturated heterocycles. The van der Waals surface area contributed by atoms with Crippen LogP contribution in [0.2, 0.25) is 0 Å². The molecule has 30 heavy (non-hydrogen) atoms. The zero-order valence-corrected chi connectivity index (χ0v) is 19.2. The molecule has 7 unspecified atom stereocenters. The van der Waals surface area contributed by atoms with E-state index in [9.17, 15) is 9.90 Å². The van der Waals surface area contributed by atoms with Crippen molar-refractivity contribution in [2.75, 3.05) is 0 Å². The van der Waals surface area contributed by atoms with Crippen LogP contribution in [0.25, 0.3) is 6.08 Å². The molecule has 164 valence electrons. The second kappa shape index (κ2) is 7.05. The third-order valence-corrected chi connectivity index (χ3v) is 9.92. The van der Waals surface area contributed by atoms with E-state index in [1.54, 1.807) is 0 Å². The highest BCUT2D eigenvalue weighted by molar-refractivity contribution is 6.06. The van der Waals surface area contributed by atoms with Crippen molar-refractivity contribution in [3.05, 3.63) is 23.0 Å². The summed E-state index contributed by atoms with van der Waals surface area (Å²) in [5, 5.41) is 14.8. The van der Waals surface area contributed by atoms with Gasteiger partial charge in [-0.1, -0.05) is 13.8 Å². The van der Waals surface area contributed by atoms with Gasteiger partial charge in [-0.05, 0) is 106 Å². The molecule has 0 spiro atoms. The van der Waals surface area contributed by atoms with Gasteiger partial charge in [-0.2, -0.15) is 5.10 Å². The predicted molar refractivity (Wildman–Crippen MR) is 119 cm³/mol. The minimum absolute atomic E-state index is 0.0941. The molecule has 0 aliphatic heterocycles. The van der Waals surface area contributed by atoms with Crippen LogP contribution in [0.3, 0.4) is 0 Å². The summed E-state index contributed by atoms with van der Waals surface area (Å²) in [5.41, 5.74) is 3.34. The minimum atomic E-state index is -0.182. The Morgan fingerprint density at radius 1 is 1.20 bits per heavy atom. The fourth-order valence-electron chi connectivity index (χ4n) is 8.06. The number of aryl methyl sites for hydroxylation is 2. The summed E-state index contributed by atoms with van der Waals surface area (Å²) in [4.78, 5) is 13.6. The lowest BCUT2D eigenvalue weighted by atomic mass is 9.45. The molecule has 4 saturated carbocycles. The van der Waals surface area contributed by atoms with Crippen molar-refractivity contribution in [1.82, 2.24) is 9.78 Å². The van der Waals surface area contributed by atoms with Gasteiger partial charge in [0, 0.05) is 23.7 Å². The molecular weight excluding hydrogens is 372 g/mol. The molecule has 0 aromatic carbocycles. The molecule has 0 amide bonds. The average Bonchev–Trinajstić information content (AvgIpc) is 3.20. The van der Waals surface area contributed by atoms with Gasteiger partial charge in [0.2, 0.25) is 0 Å². The van der Waals surface area contributed by atoms with Crippen LogP contribution in [0.5, 0.6) is 0 Å². The molecule has 4 nitrogen and oxygen atoms in total. The number of allylic oxidation sites excluding steroid dienone is 1. The Morgan fingerprint density at radius 3 is 2.73 bits per heavy atom. The maximum atomic E-state index is 13.6. The monoisotopic (exact) mass is 410 g/mol. The predicted octanol–water partition coefficient (Wildman–Crippen LogP) is 5.18. The molecule has 1 N–H and O–H groups in total. The van der Waals surface area contributed by atoms with Crippen molar-refractivity contribution >= 4 is 11.9 Å². The number of nitrogens with zero attached hydrogens (tertiary/aromatic N) is 2. The van der Waals surface area contributed by atoms with E-state index in [2.05, 4.69) is 38.1 Å². The lowest BCUT2D eigenvalue weighted by molar-refractivity contribution is -0.141. The lowest BCUT2D eigenvalue weighted by Crippen LogP contribution is -2.54. The maximum Gasteiger partial charge on any atom is 0.165 e. The number of rotatable bonds is 2. The van der Waals surface area contributed by atoms with Crippen molar-refractivity contribution in [2.24, 2.45) is 34.5 Å². The molecule has 4 fully saturated rings. The first-order valence-electron chi connectivity index (χ1n) is 12.2. The van der Waals surface area contributed by atoms with Gasteiger partial charge in [-0.15, -0.1) is 0 Å². The van der Waals surface area contributed by atoms with Crippen molar-refractivity contribution in [2.45, 2.75) is 91.7 Å². The van der Waals surface area contributed by atoms with E-state index in [-0.39, 0.29) is 11.5 Å². The molecule has 1 aromatic heterocycles. The van der Waals surface area contributed by atoms with Crippen LogP contribution >= 0.6 is 0 Å². The van der Waals surface area contributed by atoms with Crippen LogP contribution in [-0.4, -0.2) is 26.8 Å². The zero-order chi connectivity index (χ0) is 21.3. The largest absolute Gasteiger partial charge is 0.393 e. The number of aliphatic hydroxyl groups excluding tert-OH is 1. The van der Waals surface area contributed by atoms with Crippen LogP contribution in [-0.2, 0) is 11.3 Å². The summed E-state index contributed by atoms with van der Waals surface area (Å²) in [6.07, 6.45) is 12.9. The standard InChI is InChI=1S/C26H38N2O2/c1-5-28-15-18(16(2)27-28)12-17-13-23-21-7-6-19-14-20(29)8-10-25(19,3)22(21)9-11-26(23,4)24(17)30/h12,15,19-23,29H,5-11,13-14H2,1-4H3. The highest BCUT2D eigenvalue weighted by Crippen LogP contribution is 2.66. The molecule has 0 bridgehead atoms. The number of carbonyl (C=O) groups excluding carboxylic acids is 1. The Balaban J connectivity index is 1.45. The Labute approximate surface area is 181 Å². The second-order valence-corrected chi connectivity index (χ2v) is 11.3. The minimum Gasteiger partial charge on any atom is -0.393 e. The second-order valence-electron chi connectivity index (χ2n) is 11.3. The lowest BCUT2D eigenvalue weighted by Gasteiger charge is -2.59. The van der Waals surface area contributed by atoms with E-state index >= 15 is 0 Å². The third-order valence-electron chi connectivity index (χ3n) is 9.92. The molecule has 1 heterocycles. The first-order chi connectivity index (χ1) is 14.3. The fraction of sp³-hybridized carbons (Fsp3) is 0.769. The van der Waals surface area contributed by atoms with E-state index in [1.807, 2.05) is 11.6 Å². The summed E-state index contributed by atoms with van der Waals surface area (Å²) < 4.78 is 1.96. The molecule has 7 atom stereocenters. The summed E-state index contributed by atoms with van der Waals surface area (Å²) in [6.45, 7) is 9.78. The van der Waals surface area contributed by atoms with E-state index < -0.39 is 0 Å². The number of Topliss-reactive ketones (excluding diaryl/α,β-unsaturated/α-hetero) is 1. The van der Waals surface area contributed by atoms with Crippen LogP contribution in [0.1, 0.15) is 83.4 Å². The molecule has 1 aromatic rings. The average molecular weight is 411 g/mol. The third kappa shape index (κ3) is 2.89. The summed E-state index contributed by atoms with van der Waals surface area (Å²) >= 11 is 0. The first-order valence-corrected chi connectivity index (χ1v) is 12.2. The highest BCUT2D eigenvalue weighted by Gasteiger charge is 2.61. The van der Waals surface area contributed by atoms with E-state index in [0.717, 1.165) is 61.4 Å². The Bertz CT molecular complexity index is 886. The topological polar surface area (TPSA) is 55.1 Å². The summed E-state index contributed by atoms with van der Waals surface area (Å²) in [6, 6.07) is 0. The number of aromatic nitrogens is 2. The van der Waals surface area contributed by atoms with Gasteiger partial charge in [0.05, 0.1) is 11.8 Å². The van der Waals surface area contributed by atoms with Gasteiger partial charge in [0.15, 0.2) is 5.78 Å². The molecular formula is C26H38N2O2. The number of hydrogen-bond donors (Lipinski definition) is 1. The zero-order valence-electron chi connectivity index (χ0n) is 19.2. The van der Waals surface area contributed by atoms with Crippen molar-refractivity contribution in [3.8, 4) is 0 Å². The smallest absolute Gasteiger partial charge is 0.165 e. The number of ketones is 1. The van der Waals surface area contributed by atoms with Crippen LogP contribution in [0.15, 0.2) is 11.8 Å². The highest BCUT2D eigenvalue weighted by atomic mass is 16.3. The van der Waals surface area contributed by atoms with Crippen LogP contribution in [0.4, 0.5) is 0 Å². The van der Waals surface area contributed by atoms with Gasteiger partial charge >= 0.3 is 0 Å². The Kier molecular flexibility index (Phi) is 4.81. The van der Waals surface area contributed by atoms with Crippen molar-refractivity contribution < 1.29 is 9.90 Å².